The molecule has 0 unspecified atom stereocenters. The van der Waals surface area contributed by atoms with Gasteiger partial charge in [-0.05, 0) is 25.1 Å². The van der Waals surface area contributed by atoms with E-state index in [4.69, 9.17) is 10.5 Å². The lowest BCUT2D eigenvalue weighted by atomic mass is 10.1. The fourth-order valence-corrected chi connectivity index (χ4v) is 2.60. The van der Waals surface area contributed by atoms with E-state index in [1.54, 1.807) is 37.8 Å². The molecule has 0 aliphatic heterocycles. The molecule has 2 rings (SSSR count). The number of nitrogen functional groups attached to an aromatic ring is 1. The minimum atomic E-state index is 0.0294. The van der Waals surface area contributed by atoms with Crippen LogP contribution in [0.15, 0.2) is 23.4 Å². The number of ketones is 1. The van der Waals surface area contributed by atoms with Gasteiger partial charge >= 0.3 is 0 Å². The summed E-state index contributed by atoms with van der Waals surface area (Å²) in [5, 5.41) is 8.51. The molecule has 0 fully saturated rings. The first-order valence-corrected chi connectivity index (χ1v) is 6.97. The second kappa shape index (κ2) is 5.96. The molecule has 1 heterocycles. The van der Waals surface area contributed by atoms with Crippen LogP contribution in [-0.2, 0) is 12.8 Å². The number of rotatable bonds is 5. The average Bonchev–Trinajstić information content (AvgIpc) is 2.76. The Hall–Kier alpha value is -2.02. The Bertz CT molecular complexity index is 639. The van der Waals surface area contributed by atoms with E-state index in [-0.39, 0.29) is 5.78 Å². The van der Waals surface area contributed by atoms with Gasteiger partial charge in [-0.2, -0.15) is 0 Å². The number of thioether (sulfide) groups is 1. The summed E-state index contributed by atoms with van der Waals surface area (Å²) in [7, 11) is 3.41. The number of ether oxygens (including phenoxy) is 1. The van der Waals surface area contributed by atoms with Crippen LogP contribution < -0.4 is 10.5 Å². The van der Waals surface area contributed by atoms with Gasteiger partial charge in [0.15, 0.2) is 10.9 Å². The maximum atomic E-state index is 11.4. The molecule has 7 heteroatoms. The number of hydrogen-bond acceptors (Lipinski definition) is 6. The summed E-state index contributed by atoms with van der Waals surface area (Å²) in [5.74, 6) is 1.77. The molecular weight excluding hydrogens is 276 g/mol. The number of anilines is 1. The Kier molecular flexibility index (Phi) is 4.29. The Morgan fingerprint density at radius 3 is 2.75 bits per heavy atom. The van der Waals surface area contributed by atoms with E-state index in [1.807, 2.05) is 6.07 Å². The first-order valence-electron chi connectivity index (χ1n) is 5.98. The zero-order valence-electron chi connectivity index (χ0n) is 11.6. The predicted molar refractivity (Wildman–Crippen MR) is 78.0 cm³/mol. The smallest absolute Gasteiger partial charge is 0.222 e. The standard InChI is InChI=1S/C13H16N4O2S/c1-8(18)9-4-5-11(19-3)10(6-9)7-20-13-16-15-12(14)17(13)2/h4-6H,7H2,1-3H3,(H2,14,15). The summed E-state index contributed by atoms with van der Waals surface area (Å²) in [6, 6.07) is 5.40. The van der Waals surface area contributed by atoms with Crippen LogP contribution in [0.5, 0.6) is 5.75 Å². The van der Waals surface area contributed by atoms with Crippen LogP contribution >= 0.6 is 11.8 Å². The van der Waals surface area contributed by atoms with Crippen molar-refractivity contribution in [1.82, 2.24) is 14.8 Å². The fourth-order valence-electron chi connectivity index (χ4n) is 1.70. The maximum Gasteiger partial charge on any atom is 0.222 e. The highest BCUT2D eigenvalue weighted by Gasteiger charge is 2.11. The van der Waals surface area contributed by atoms with Crippen molar-refractivity contribution in [3.8, 4) is 5.75 Å². The molecule has 20 heavy (non-hydrogen) atoms. The van der Waals surface area contributed by atoms with E-state index in [9.17, 15) is 4.79 Å². The highest BCUT2D eigenvalue weighted by molar-refractivity contribution is 7.98. The van der Waals surface area contributed by atoms with E-state index in [0.717, 1.165) is 16.5 Å². The van der Waals surface area contributed by atoms with Crippen LogP contribution in [0.2, 0.25) is 0 Å². The van der Waals surface area contributed by atoms with Gasteiger partial charge in [-0.3, -0.25) is 9.36 Å². The summed E-state index contributed by atoms with van der Waals surface area (Å²) in [6.45, 7) is 1.54. The van der Waals surface area contributed by atoms with Crippen molar-refractivity contribution in [2.45, 2.75) is 17.8 Å². The Morgan fingerprint density at radius 2 is 2.20 bits per heavy atom. The molecule has 0 amide bonds. The van der Waals surface area contributed by atoms with Crippen LogP contribution in [0.1, 0.15) is 22.8 Å². The van der Waals surface area contributed by atoms with Crippen LogP contribution in [0.4, 0.5) is 5.95 Å². The number of nitrogens with two attached hydrogens (primary N) is 1. The molecule has 2 aromatic rings. The zero-order valence-corrected chi connectivity index (χ0v) is 12.4. The number of carbonyl (C=O) groups excluding carboxylic acids is 1. The molecule has 0 saturated heterocycles. The van der Waals surface area contributed by atoms with Crippen molar-refractivity contribution in [2.75, 3.05) is 12.8 Å². The number of hydrogen-bond donors (Lipinski definition) is 1. The lowest BCUT2D eigenvalue weighted by Gasteiger charge is -2.09. The Labute approximate surface area is 121 Å². The van der Waals surface area contributed by atoms with Gasteiger partial charge < -0.3 is 10.5 Å². The van der Waals surface area contributed by atoms with Crippen LogP contribution in [0, 0.1) is 0 Å². The van der Waals surface area contributed by atoms with E-state index in [0.29, 0.717) is 17.3 Å². The summed E-state index contributed by atoms with van der Waals surface area (Å²) < 4.78 is 7.03. The van der Waals surface area contributed by atoms with Crippen molar-refractivity contribution in [2.24, 2.45) is 7.05 Å². The van der Waals surface area contributed by atoms with Crippen molar-refractivity contribution in [3.63, 3.8) is 0 Å². The quantitative estimate of drug-likeness (QED) is 0.669. The summed E-state index contributed by atoms with van der Waals surface area (Å²) in [6.07, 6.45) is 0. The van der Waals surface area contributed by atoms with Crippen molar-refractivity contribution in [1.29, 1.82) is 0 Å². The zero-order chi connectivity index (χ0) is 14.7. The number of nitrogens with zero attached hydrogens (tertiary/aromatic N) is 3. The lowest BCUT2D eigenvalue weighted by Crippen LogP contribution is -1.99. The molecule has 0 saturated carbocycles. The Balaban J connectivity index is 2.21. The normalized spacial score (nSPS) is 10.6. The molecule has 6 nitrogen and oxygen atoms in total. The van der Waals surface area contributed by atoms with Gasteiger partial charge in [0.1, 0.15) is 5.75 Å². The fraction of sp³-hybridized carbons (Fsp3) is 0.308. The predicted octanol–water partition coefficient (Wildman–Crippen LogP) is 1.90. The Morgan fingerprint density at radius 1 is 1.45 bits per heavy atom. The monoisotopic (exact) mass is 292 g/mol. The van der Waals surface area contributed by atoms with Crippen molar-refractivity contribution >= 4 is 23.5 Å². The summed E-state index contributed by atoms with van der Waals surface area (Å²) >= 11 is 1.49. The van der Waals surface area contributed by atoms with Gasteiger partial charge in [-0.1, -0.05) is 11.8 Å². The maximum absolute atomic E-state index is 11.4. The molecular formula is C13H16N4O2S. The van der Waals surface area contributed by atoms with E-state index < -0.39 is 0 Å². The number of benzene rings is 1. The molecule has 0 atom stereocenters. The minimum absolute atomic E-state index is 0.0294. The molecule has 2 N–H and O–H groups in total. The molecule has 0 bridgehead atoms. The summed E-state index contributed by atoms with van der Waals surface area (Å²) in [5.41, 5.74) is 7.24. The topological polar surface area (TPSA) is 83.0 Å². The van der Waals surface area contributed by atoms with Gasteiger partial charge in [0.2, 0.25) is 5.95 Å². The third-order valence-corrected chi connectivity index (χ3v) is 3.98. The van der Waals surface area contributed by atoms with E-state index in [2.05, 4.69) is 10.2 Å². The van der Waals surface area contributed by atoms with Gasteiger partial charge in [-0.15, -0.1) is 10.2 Å². The van der Waals surface area contributed by atoms with Gasteiger partial charge in [0.05, 0.1) is 7.11 Å². The number of carbonyl (C=O) groups is 1. The molecule has 0 spiro atoms. The largest absolute Gasteiger partial charge is 0.496 e. The average molecular weight is 292 g/mol. The summed E-state index contributed by atoms with van der Waals surface area (Å²) in [4.78, 5) is 11.4. The second-order valence-electron chi connectivity index (χ2n) is 4.27. The van der Waals surface area contributed by atoms with Gasteiger partial charge in [0, 0.05) is 23.9 Å². The highest BCUT2D eigenvalue weighted by Crippen LogP contribution is 2.28. The molecule has 1 aromatic heterocycles. The number of Topliss-reactive ketones (excluding diaryl/α,β-unsaturated/α-hetero) is 1. The van der Waals surface area contributed by atoms with Crippen molar-refractivity contribution < 1.29 is 9.53 Å². The van der Waals surface area contributed by atoms with Gasteiger partial charge in [-0.25, -0.2) is 0 Å². The molecule has 1 aromatic carbocycles. The van der Waals surface area contributed by atoms with Gasteiger partial charge in [0.25, 0.3) is 0 Å². The van der Waals surface area contributed by atoms with Crippen molar-refractivity contribution in [3.05, 3.63) is 29.3 Å². The molecule has 0 aliphatic rings. The van der Waals surface area contributed by atoms with Crippen LogP contribution in [0.3, 0.4) is 0 Å². The van der Waals surface area contributed by atoms with E-state index >= 15 is 0 Å². The van der Waals surface area contributed by atoms with Crippen LogP contribution in [0.25, 0.3) is 0 Å². The third kappa shape index (κ3) is 2.93. The van der Waals surface area contributed by atoms with Crippen LogP contribution in [-0.4, -0.2) is 27.7 Å². The van der Waals surface area contributed by atoms with E-state index in [1.165, 1.54) is 11.8 Å². The first-order chi connectivity index (χ1) is 9.52. The first kappa shape index (κ1) is 14.4. The SMILES string of the molecule is COc1ccc(C(C)=O)cc1CSc1nnc(N)n1C. The second-order valence-corrected chi connectivity index (χ2v) is 5.21. The lowest BCUT2D eigenvalue weighted by molar-refractivity contribution is 0.101. The number of aromatic nitrogens is 3. The highest BCUT2D eigenvalue weighted by atomic mass is 32.2. The molecule has 0 aliphatic carbocycles. The molecule has 106 valence electrons. The number of methoxy groups -OCH3 is 1. The third-order valence-electron chi connectivity index (χ3n) is 2.91. The minimum Gasteiger partial charge on any atom is -0.496 e. The molecule has 0 radical (unpaired) electrons.